The third kappa shape index (κ3) is 1.19. The molecule has 2 aliphatic rings. The summed E-state index contributed by atoms with van der Waals surface area (Å²) in [5, 5.41) is 0. The first-order valence-corrected chi connectivity index (χ1v) is 5.46. The van der Waals surface area contributed by atoms with Gasteiger partial charge in [0.15, 0.2) is 0 Å². The smallest absolute Gasteiger partial charge is 0.0935 e. The van der Waals surface area contributed by atoms with Crippen molar-refractivity contribution in [2.75, 3.05) is 0 Å². The van der Waals surface area contributed by atoms with Crippen molar-refractivity contribution in [3.05, 3.63) is 34.1 Å². The normalized spacial score (nSPS) is 19.5. The van der Waals surface area contributed by atoms with E-state index in [4.69, 9.17) is 0 Å². The predicted octanol–water partition coefficient (Wildman–Crippen LogP) is 3.67. The number of allylic oxidation sites excluding steroid dienone is 4. The van der Waals surface area contributed by atoms with Crippen molar-refractivity contribution in [2.45, 2.75) is 40.0 Å². The summed E-state index contributed by atoms with van der Waals surface area (Å²) < 4.78 is 0. The minimum Gasteiger partial charge on any atom is -0.246 e. The summed E-state index contributed by atoms with van der Waals surface area (Å²) in [4.78, 5) is 4.34. The highest BCUT2D eigenvalue weighted by atomic mass is 14.8. The highest BCUT2D eigenvalue weighted by molar-refractivity contribution is 5.90. The number of hydrogen-bond acceptors (Lipinski definition) is 1. The van der Waals surface area contributed by atoms with Crippen molar-refractivity contribution in [1.82, 2.24) is 0 Å². The van der Waals surface area contributed by atoms with Crippen molar-refractivity contribution in [2.24, 2.45) is 4.99 Å². The van der Waals surface area contributed by atoms with Gasteiger partial charge in [-0.15, -0.1) is 0 Å². The summed E-state index contributed by atoms with van der Waals surface area (Å²) in [7, 11) is 0. The molecule has 1 heteroatoms. The Labute approximate surface area is 85.9 Å². The van der Waals surface area contributed by atoms with Gasteiger partial charge in [0.2, 0.25) is 0 Å². The lowest BCUT2D eigenvalue weighted by atomic mass is 9.97. The zero-order chi connectivity index (χ0) is 10.1. The van der Waals surface area contributed by atoms with E-state index in [1.54, 1.807) is 0 Å². The van der Waals surface area contributed by atoms with Crippen molar-refractivity contribution < 1.29 is 0 Å². The van der Waals surface area contributed by atoms with Crippen LogP contribution in [0.2, 0.25) is 0 Å². The molecule has 0 aromatic heterocycles. The largest absolute Gasteiger partial charge is 0.246 e. The van der Waals surface area contributed by atoms with Gasteiger partial charge >= 0.3 is 0 Å². The summed E-state index contributed by atoms with van der Waals surface area (Å²) in [6, 6.07) is 0. The van der Waals surface area contributed by atoms with Gasteiger partial charge < -0.3 is 0 Å². The van der Waals surface area contributed by atoms with Gasteiger partial charge in [0.05, 0.1) is 11.9 Å². The van der Waals surface area contributed by atoms with Crippen LogP contribution >= 0.6 is 0 Å². The van der Waals surface area contributed by atoms with Gasteiger partial charge in [-0.25, -0.2) is 4.99 Å². The molecule has 1 aliphatic carbocycles. The maximum absolute atomic E-state index is 4.34. The molecule has 0 bridgehead atoms. The molecule has 0 saturated carbocycles. The second-order valence-electron chi connectivity index (χ2n) is 3.67. The molecule has 0 atom stereocenters. The van der Waals surface area contributed by atoms with Gasteiger partial charge in [-0.2, -0.15) is 0 Å². The van der Waals surface area contributed by atoms with Crippen LogP contribution in [-0.4, -0.2) is 6.21 Å². The maximum Gasteiger partial charge on any atom is 0.0935 e. The molecule has 73 valence electrons. The van der Waals surface area contributed by atoms with Crippen molar-refractivity contribution >= 4 is 6.21 Å². The second-order valence-corrected chi connectivity index (χ2v) is 3.67. The lowest BCUT2D eigenvalue weighted by Gasteiger charge is -2.06. The molecule has 0 saturated heterocycles. The Morgan fingerprint density at radius 3 is 2.50 bits per heavy atom. The zero-order valence-corrected chi connectivity index (χ0v) is 9.15. The molecule has 0 spiro atoms. The number of rotatable bonds is 3. The van der Waals surface area contributed by atoms with Crippen LogP contribution in [0.25, 0.3) is 0 Å². The molecule has 0 N–H and O–H groups in total. The van der Waals surface area contributed by atoms with E-state index >= 15 is 0 Å². The first kappa shape index (κ1) is 9.45. The molecule has 1 aliphatic heterocycles. The fraction of sp³-hybridized carbons (Fsp3) is 0.462. The van der Waals surface area contributed by atoms with E-state index in [0.717, 1.165) is 25.0 Å². The third-order valence-electron chi connectivity index (χ3n) is 2.96. The molecule has 0 amide bonds. The molecule has 1 heterocycles. The summed E-state index contributed by atoms with van der Waals surface area (Å²) in [5.41, 5.74) is 6.78. The Kier molecular flexibility index (Phi) is 2.40. The Bertz CT molecular complexity index is 378. The van der Waals surface area contributed by atoms with E-state index < -0.39 is 0 Å². The van der Waals surface area contributed by atoms with E-state index in [-0.39, 0.29) is 0 Å². The minimum atomic E-state index is 1.04. The standard InChI is InChI=1S/C13H16N/c1-4-9-7-12-13(11(9)6-3)10(5-2)8-14-12/h7H,4-6H2,1-3H3. The lowest BCUT2D eigenvalue weighted by molar-refractivity contribution is 1.04. The van der Waals surface area contributed by atoms with Crippen LogP contribution in [0.5, 0.6) is 0 Å². The Balaban J connectivity index is 2.49. The number of fused-ring (bicyclic) bond motifs is 1. The lowest BCUT2D eigenvalue weighted by Crippen LogP contribution is -1.90. The molecule has 0 aromatic rings. The first-order valence-electron chi connectivity index (χ1n) is 5.46. The monoisotopic (exact) mass is 186 g/mol. The van der Waals surface area contributed by atoms with Crippen LogP contribution in [0.1, 0.15) is 40.0 Å². The van der Waals surface area contributed by atoms with Crippen molar-refractivity contribution in [3.63, 3.8) is 0 Å². The van der Waals surface area contributed by atoms with Crippen LogP contribution in [0, 0.1) is 0 Å². The molecule has 2 rings (SSSR count). The van der Waals surface area contributed by atoms with E-state index in [0.29, 0.717) is 0 Å². The van der Waals surface area contributed by atoms with Crippen LogP contribution in [0.3, 0.4) is 0 Å². The van der Waals surface area contributed by atoms with Crippen molar-refractivity contribution in [3.8, 4) is 0 Å². The highest BCUT2D eigenvalue weighted by Gasteiger charge is 2.25. The van der Waals surface area contributed by atoms with Gasteiger partial charge in [-0.1, -0.05) is 20.8 Å². The Morgan fingerprint density at radius 2 is 1.93 bits per heavy atom. The highest BCUT2D eigenvalue weighted by Crippen LogP contribution is 2.40. The van der Waals surface area contributed by atoms with E-state index in [1.165, 1.54) is 22.3 Å². The minimum absolute atomic E-state index is 1.04. The predicted molar refractivity (Wildman–Crippen MR) is 60.4 cm³/mol. The van der Waals surface area contributed by atoms with E-state index in [1.807, 2.05) is 0 Å². The van der Waals surface area contributed by atoms with Crippen LogP contribution in [0.4, 0.5) is 0 Å². The van der Waals surface area contributed by atoms with E-state index in [2.05, 4.69) is 38.1 Å². The molecular formula is C13H16N. The number of aliphatic imine (C=N–C) groups is 1. The molecule has 0 fully saturated rings. The van der Waals surface area contributed by atoms with E-state index in [9.17, 15) is 0 Å². The quantitative estimate of drug-likeness (QED) is 0.637. The molecule has 0 unspecified atom stereocenters. The summed E-state index contributed by atoms with van der Waals surface area (Å²) in [6.45, 7) is 6.61. The average molecular weight is 186 g/mol. The molecular weight excluding hydrogens is 170 g/mol. The molecule has 0 aromatic carbocycles. The van der Waals surface area contributed by atoms with Crippen LogP contribution in [-0.2, 0) is 0 Å². The topological polar surface area (TPSA) is 12.4 Å². The van der Waals surface area contributed by atoms with Gasteiger partial charge in [-0.05, 0) is 42.1 Å². The van der Waals surface area contributed by atoms with Gasteiger partial charge in [0, 0.05) is 5.57 Å². The van der Waals surface area contributed by atoms with Gasteiger partial charge in [-0.3, -0.25) is 0 Å². The maximum atomic E-state index is 4.34. The zero-order valence-electron chi connectivity index (χ0n) is 9.15. The average Bonchev–Trinajstić information content (AvgIpc) is 2.74. The van der Waals surface area contributed by atoms with Crippen molar-refractivity contribution in [1.29, 1.82) is 0 Å². The fourth-order valence-corrected chi connectivity index (χ4v) is 2.22. The Morgan fingerprint density at radius 1 is 1.14 bits per heavy atom. The molecule has 1 nitrogen and oxygen atoms in total. The summed E-state index contributed by atoms with van der Waals surface area (Å²) in [6.07, 6.45) is 8.61. The number of nitrogens with zero attached hydrogens (tertiary/aromatic N) is 1. The summed E-state index contributed by atoms with van der Waals surface area (Å²) >= 11 is 0. The third-order valence-corrected chi connectivity index (χ3v) is 2.96. The SMILES string of the molecule is CCC1=C2C(=CC(CC)=C2CC)N=[C]1. The van der Waals surface area contributed by atoms with Crippen LogP contribution < -0.4 is 0 Å². The van der Waals surface area contributed by atoms with Crippen LogP contribution in [0.15, 0.2) is 39.1 Å². The molecule has 14 heavy (non-hydrogen) atoms. The second kappa shape index (κ2) is 3.56. The summed E-state index contributed by atoms with van der Waals surface area (Å²) in [5.74, 6) is 0. The fourth-order valence-electron chi connectivity index (χ4n) is 2.22. The number of hydrogen-bond donors (Lipinski definition) is 0. The van der Waals surface area contributed by atoms with Gasteiger partial charge in [0.1, 0.15) is 0 Å². The van der Waals surface area contributed by atoms with Gasteiger partial charge in [0.25, 0.3) is 0 Å². The molecule has 1 radical (unpaired) electrons. The Hall–Kier alpha value is -1.11. The first-order chi connectivity index (χ1) is 6.81.